The molecule has 2 unspecified atom stereocenters. The molecule has 1 rings (SSSR count). The van der Waals surface area contributed by atoms with Gasteiger partial charge in [0, 0.05) is 12.1 Å². The summed E-state index contributed by atoms with van der Waals surface area (Å²) >= 11 is 11.4. The molecule has 0 radical (unpaired) electrons. The predicted octanol–water partition coefficient (Wildman–Crippen LogP) is 2.39. The molecule has 0 amide bonds. The van der Waals surface area contributed by atoms with Gasteiger partial charge in [0.25, 0.3) is 0 Å². The Morgan fingerprint density at radius 1 is 1.67 bits per heavy atom. The van der Waals surface area contributed by atoms with Gasteiger partial charge < -0.3 is 0 Å². The lowest BCUT2D eigenvalue weighted by atomic mass is 10.1. The van der Waals surface area contributed by atoms with E-state index in [0.29, 0.717) is 11.1 Å². The Kier molecular flexibility index (Phi) is 2.14. The first-order valence-corrected chi connectivity index (χ1v) is 3.57. The van der Waals surface area contributed by atoms with Crippen molar-refractivity contribution in [3.63, 3.8) is 0 Å². The fourth-order valence-electron chi connectivity index (χ4n) is 0.597. The highest BCUT2D eigenvalue weighted by Crippen LogP contribution is 2.19. The van der Waals surface area contributed by atoms with E-state index >= 15 is 0 Å². The van der Waals surface area contributed by atoms with Crippen LogP contribution in [0.2, 0.25) is 0 Å². The van der Waals surface area contributed by atoms with Crippen molar-refractivity contribution in [2.24, 2.45) is 10.9 Å². The van der Waals surface area contributed by atoms with Crippen LogP contribution in [0.25, 0.3) is 0 Å². The highest BCUT2D eigenvalue weighted by Gasteiger charge is 2.13. The molecule has 0 aliphatic carbocycles. The van der Waals surface area contributed by atoms with Crippen LogP contribution in [0.3, 0.4) is 0 Å². The highest BCUT2D eigenvalue weighted by atomic mass is 35.5. The van der Waals surface area contributed by atoms with Crippen molar-refractivity contribution in [2.75, 3.05) is 0 Å². The summed E-state index contributed by atoms with van der Waals surface area (Å²) in [5.41, 5.74) is 0. The van der Waals surface area contributed by atoms with Gasteiger partial charge in [-0.25, -0.2) is 4.99 Å². The Labute approximate surface area is 64.4 Å². The van der Waals surface area contributed by atoms with E-state index in [1.54, 1.807) is 12.3 Å². The Hall–Kier alpha value is -0.0100. The fourth-order valence-corrected chi connectivity index (χ4v) is 1.04. The molecule has 0 spiro atoms. The summed E-state index contributed by atoms with van der Waals surface area (Å²) in [7, 11) is 0. The molecule has 1 nitrogen and oxygen atoms in total. The second-order valence-corrected chi connectivity index (χ2v) is 2.96. The van der Waals surface area contributed by atoms with Crippen molar-refractivity contribution in [3.05, 3.63) is 11.2 Å². The van der Waals surface area contributed by atoms with Crippen molar-refractivity contribution in [1.29, 1.82) is 0 Å². The van der Waals surface area contributed by atoms with Crippen LogP contribution in [-0.4, -0.2) is 11.6 Å². The number of rotatable bonds is 0. The van der Waals surface area contributed by atoms with Crippen LogP contribution in [0.1, 0.15) is 6.92 Å². The summed E-state index contributed by atoms with van der Waals surface area (Å²) in [6, 6.07) is 0. The number of nitrogens with zero attached hydrogens (tertiary/aromatic N) is 1. The van der Waals surface area contributed by atoms with Gasteiger partial charge in [-0.1, -0.05) is 18.5 Å². The largest absolute Gasteiger partial charge is 0.249 e. The standard InChI is InChI=1S/C6H7Cl2N/c1-4-3-9-6(8)2-5(4)7/h2-5H,1H3. The smallest absolute Gasteiger partial charge is 0.126 e. The molecule has 2 atom stereocenters. The average molecular weight is 164 g/mol. The summed E-state index contributed by atoms with van der Waals surface area (Å²) in [6.45, 7) is 2.00. The van der Waals surface area contributed by atoms with Crippen molar-refractivity contribution < 1.29 is 0 Å². The molecule has 0 fully saturated rings. The van der Waals surface area contributed by atoms with E-state index in [0.717, 1.165) is 0 Å². The molecule has 1 aliphatic rings. The number of hydrogen-bond acceptors (Lipinski definition) is 1. The topological polar surface area (TPSA) is 12.4 Å². The Balaban J connectivity index is 2.70. The molecule has 3 heteroatoms. The third-order valence-electron chi connectivity index (χ3n) is 1.23. The normalized spacial score (nSPS) is 34.3. The molecule has 0 saturated heterocycles. The highest BCUT2D eigenvalue weighted by molar-refractivity contribution is 6.31. The van der Waals surface area contributed by atoms with Gasteiger partial charge in [-0.15, -0.1) is 11.6 Å². The summed E-state index contributed by atoms with van der Waals surface area (Å²) in [5.74, 6) is 0.300. The predicted molar refractivity (Wildman–Crippen MR) is 41.2 cm³/mol. The van der Waals surface area contributed by atoms with Crippen LogP contribution < -0.4 is 0 Å². The first kappa shape index (κ1) is 7.10. The maximum Gasteiger partial charge on any atom is 0.126 e. The van der Waals surface area contributed by atoms with Gasteiger partial charge in [0.15, 0.2) is 0 Å². The van der Waals surface area contributed by atoms with Crippen molar-refractivity contribution in [3.8, 4) is 0 Å². The van der Waals surface area contributed by atoms with Gasteiger partial charge in [-0.3, -0.25) is 0 Å². The molecular formula is C6H7Cl2N. The number of hydrogen-bond donors (Lipinski definition) is 0. The van der Waals surface area contributed by atoms with Gasteiger partial charge in [0.1, 0.15) is 5.16 Å². The van der Waals surface area contributed by atoms with E-state index in [9.17, 15) is 0 Å². The molecule has 50 valence electrons. The zero-order chi connectivity index (χ0) is 6.85. The number of alkyl halides is 1. The van der Waals surface area contributed by atoms with Crippen molar-refractivity contribution >= 4 is 29.4 Å². The Bertz CT molecular complexity index is 162. The second-order valence-electron chi connectivity index (χ2n) is 2.07. The maximum absolute atomic E-state index is 5.81. The Morgan fingerprint density at radius 2 is 2.33 bits per heavy atom. The van der Waals surface area contributed by atoms with E-state index in [1.807, 2.05) is 6.92 Å². The van der Waals surface area contributed by atoms with E-state index in [-0.39, 0.29) is 5.38 Å². The number of aliphatic imine (C=N–C) groups is 1. The lowest BCUT2D eigenvalue weighted by Gasteiger charge is -2.12. The zero-order valence-electron chi connectivity index (χ0n) is 5.01. The van der Waals surface area contributed by atoms with Crippen LogP contribution in [0, 0.1) is 5.92 Å². The van der Waals surface area contributed by atoms with Gasteiger partial charge in [-0.2, -0.15) is 0 Å². The lowest BCUT2D eigenvalue weighted by Crippen LogP contribution is -2.13. The summed E-state index contributed by atoms with van der Waals surface area (Å²) < 4.78 is 0. The minimum atomic E-state index is 0.00926. The molecule has 9 heavy (non-hydrogen) atoms. The summed E-state index contributed by atoms with van der Waals surface area (Å²) in [6.07, 6.45) is 3.51. The maximum atomic E-state index is 5.81. The molecule has 0 aromatic carbocycles. The molecule has 0 aromatic rings. The van der Waals surface area contributed by atoms with Crippen LogP contribution >= 0.6 is 23.2 Å². The van der Waals surface area contributed by atoms with Gasteiger partial charge >= 0.3 is 0 Å². The monoisotopic (exact) mass is 163 g/mol. The second kappa shape index (κ2) is 2.72. The molecule has 0 bridgehead atoms. The molecule has 0 aromatic heterocycles. The molecule has 1 heterocycles. The van der Waals surface area contributed by atoms with Gasteiger partial charge in [0.2, 0.25) is 0 Å². The minimum Gasteiger partial charge on any atom is -0.249 e. The van der Waals surface area contributed by atoms with Crippen molar-refractivity contribution in [2.45, 2.75) is 12.3 Å². The molecule has 1 aliphatic heterocycles. The lowest BCUT2D eigenvalue weighted by molar-refractivity contribution is 0.801. The zero-order valence-corrected chi connectivity index (χ0v) is 6.52. The van der Waals surface area contributed by atoms with Gasteiger partial charge in [-0.05, 0) is 6.08 Å². The fraction of sp³-hybridized carbons (Fsp3) is 0.500. The first-order valence-electron chi connectivity index (χ1n) is 2.76. The number of halogens is 2. The Morgan fingerprint density at radius 3 is 2.78 bits per heavy atom. The third-order valence-corrected chi connectivity index (χ3v) is 1.98. The van der Waals surface area contributed by atoms with Crippen molar-refractivity contribution in [1.82, 2.24) is 0 Å². The first-order chi connectivity index (χ1) is 4.20. The van der Waals surface area contributed by atoms with E-state index in [2.05, 4.69) is 4.99 Å². The summed E-state index contributed by atoms with van der Waals surface area (Å²) in [5, 5.41) is 0.503. The van der Waals surface area contributed by atoms with Crippen LogP contribution in [-0.2, 0) is 0 Å². The van der Waals surface area contributed by atoms with Crippen LogP contribution in [0.15, 0.2) is 16.2 Å². The van der Waals surface area contributed by atoms with Crippen LogP contribution in [0.5, 0.6) is 0 Å². The number of allylic oxidation sites excluding steroid dienone is 1. The quantitative estimate of drug-likeness (QED) is 0.385. The molecule has 0 saturated carbocycles. The van der Waals surface area contributed by atoms with E-state index in [1.165, 1.54) is 0 Å². The van der Waals surface area contributed by atoms with Gasteiger partial charge in [0.05, 0.1) is 5.38 Å². The summed E-state index contributed by atoms with van der Waals surface area (Å²) in [4.78, 5) is 3.88. The third kappa shape index (κ3) is 1.70. The molecule has 0 N–H and O–H groups in total. The van der Waals surface area contributed by atoms with E-state index < -0.39 is 0 Å². The average Bonchev–Trinajstić information content (AvgIpc) is 1.80. The van der Waals surface area contributed by atoms with Crippen LogP contribution in [0.4, 0.5) is 0 Å². The molecular weight excluding hydrogens is 157 g/mol. The minimum absolute atomic E-state index is 0.00926. The SMILES string of the molecule is CC1C=NC(Cl)=CC1Cl. The van der Waals surface area contributed by atoms with E-state index in [4.69, 9.17) is 23.2 Å².